The Morgan fingerprint density at radius 3 is 0.658 bits per heavy atom. The van der Waals surface area contributed by atoms with E-state index in [1.54, 1.807) is 0 Å². The van der Waals surface area contributed by atoms with Crippen molar-refractivity contribution in [1.29, 1.82) is 0 Å². The van der Waals surface area contributed by atoms with Crippen LogP contribution in [0.5, 0.6) is 0 Å². The minimum atomic E-state index is 0. The molecular formula is C37H30Zn-4. The summed E-state index contributed by atoms with van der Waals surface area (Å²) < 4.78 is 0. The van der Waals surface area contributed by atoms with Gasteiger partial charge in [-0.25, -0.2) is 0 Å². The van der Waals surface area contributed by atoms with Gasteiger partial charge < -0.3 is 0 Å². The van der Waals surface area contributed by atoms with Gasteiger partial charge in [0.25, 0.3) is 0 Å². The van der Waals surface area contributed by atoms with Gasteiger partial charge in [-0.05, 0) is 0 Å². The Morgan fingerprint density at radius 2 is 0.500 bits per heavy atom. The molecule has 0 radical (unpaired) electrons. The normalized spacial score (nSPS) is 8.84. The first kappa shape index (κ1) is 30.0. The third-order valence-corrected chi connectivity index (χ3v) is 5.01. The van der Waals surface area contributed by atoms with E-state index in [9.17, 15) is 0 Å². The molecule has 184 valence electrons. The van der Waals surface area contributed by atoms with Crippen molar-refractivity contribution in [3.8, 4) is 0 Å². The van der Waals surface area contributed by atoms with E-state index in [0.29, 0.717) is 0 Å². The minimum absolute atomic E-state index is 0. The number of hydrogen-bond acceptors (Lipinski definition) is 0. The van der Waals surface area contributed by atoms with Crippen molar-refractivity contribution < 1.29 is 19.5 Å². The fourth-order valence-electron chi connectivity index (χ4n) is 3.34. The van der Waals surface area contributed by atoms with Crippen LogP contribution in [0.2, 0.25) is 0 Å². The van der Waals surface area contributed by atoms with Crippen LogP contribution in [0.3, 0.4) is 0 Å². The average Bonchev–Trinajstić information content (AvgIpc) is 3.03. The predicted molar refractivity (Wildman–Crippen MR) is 156 cm³/mol. The van der Waals surface area contributed by atoms with Crippen molar-refractivity contribution >= 4 is 0 Å². The maximum Gasteiger partial charge on any atom is 0 e. The fourth-order valence-corrected chi connectivity index (χ4v) is 3.34. The molecule has 0 nitrogen and oxygen atoms in total. The second-order valence-corrected chi connectivity index (χ2v) is 7.71. The van der Waals surface area contributed by atoms with Crippen molar-refractivity contribution in [3.63, 3.8) is 0 Å². The van der Waals surface area contributed by atoms with Gasteiger partial charge in [0.15, 0.2) is 0 Å². The Kier molecular flexibility index (Phi) is 15.8. The zero-order valence-electron chi connectivity index (χ0n) is 21.5. The van der Waals surface area contributed by atoms with Crippen LogP contribution >= 0.6 is 0 Å². The number of benzene rings is 6. The Morgan fingerprint density at radius 1 is 0.289 bits per heavy atom. The summed E-state index contributed by atoms with van der Waals surface area (Å²) in [6, 6.07) is 69.1. The summed E-state index contributed by atoms with van der Waals surface area (Å²) in [5, 5.41) is 0. The standard InChI is InChI=1S/C19H15.3C6H5.Zn/c1-4-10-16(11-5-1)19(17-12-6-2-7-13-17)18-14-8-3-9-15-18;3*1-2-4-6-5-3-1;/h1-15H;3*1-5H;/q4*-1;. The smallest absolute Gasteiger partial charge is 0 e. The molecule has 0 spiro atoms. The molecule has 0 aliphatic heterocycles. The Balaban J connectivity index is 0.000000217. The Bertz CT molecular complexity index is 1030. The van der Waals surface area contributed by atoms with Gasteiger partial charge in [-0.2, -0.15) is 109 Å². The molecule has 0 heterocycles. The molecule has 0 aliphatic carbocycles. The summed E-state index contributed by atoms with van der Waals surface area (Å²) in [5.74, 6) is 1.28. The molecular weight excluding hydrogens is 510 g/mol. The van der Waals surface area contributed by atoms with Crippen molar-refractivity contribution in [2.24, 2.45) is 0 Å². The molecule has 0 aromatic heterocycles. The van der Waals surface area contributed by atoms with Crippen molar-refractivity contribution in [3.05, 3.63) is 223 Å². The van der Waals surface area contributed by atoms with Crippen LogP contribution in [0.1, 0.15) is 16.7 Å². The summed E-state index contributed by atoms with van der Waals surface area (Å²) >= 11 is 0. The summed E-state index contributed by atoms with van der Waals surface area (Å²) in [6.45, 7) is 0. The molecule has 0 aliphatic rings. The van der Waals surface area contributed by atoms with Crippen molar-refractivity contribution in [1.82, 2.24) is 0 Å². The van der Waals surface area contributed by atoms with Crippen LogP contribution in [-0.2, 0) is 19.5 Å². The summed E-state index contributed by atoms with van der Waals surface area (Å²) in [4.78, 5) is 0. The van der Waals surface area contributed by atoms with E-state index in [1.807, 2.05) is 91.0 Å². The quantitative estimate of drug-likeness (QED) is 0.119. The molecule has 38 heavy (non-hydrogen) atoms. The van der Waals surface area contributed by atoms with Crippen LogP contribution in [0, 0.1) is 24.1 Å². The molecule has 0 bridgehead atoms. The van der Waals surface area contributed by atoms with E-state index >= 15 is 0 Å². The maximum absolute atomic E-state index is 2.89. The third-order valence-electron chi connectivity index (χ3n) is 5.01. The second kappa shape index (κ2) is 19.9. The van der Waals surface area contributed by atoms with Gasteiger partial charge >= 0.3 is 0 Å². The van der Waals surface area contributed by atoms with E-state index in [1.165, 1.54) is 22.6 Å². The second-order valence-electron chi connectivity index (χ2n) is 7.71. The van der Waals surface area contributed by atoms with E-state index in [2.05, 4.69) is 109 Å². The summed E-state index contributed by atoms with van der Waals surface area (Å²) in [5.41, 5.74) is 3.75. The van der Waals surface area contributed by atoms with E-state index in [4.69, 9.17) is 0 Å². The van der Waals surface area contributed by atoms with Gasteiger partial charge in [-0.15, -0.1) is 0 Å². The molecule has 0 unspecified atom stereocenters. The van der Waals surface area contributed by atoms with Gasteiger partial charge in [0.05, 0.1) is 0 Å². The molecule has 0 N–H and O–H groups in total. The fraction of sp³-hybridized carbons (Fsp3) is 0. The van der Waals surface area contributed by atoms with E-state index < -0.39 is 0 Å². The van der Waals surface area contributed by atoms with Crippen LogP contribution in [0.4, 0.5) is 0 Å². The zero-order chi connectivity index (χ0) is 25.6. The SMILES string of the molecule is [Zn].[c-]1ccccc1.[c-]1ccccc1.[c-]1ccccc1.c1ccc([C-](c2ccccc2)c2ccccc2)cc1. The van der Waals surface area contributed by atoms with Crippen molar-refractivity contribution in [2.75, 3.05) is 0 Å². The summed E-state index contributed by atoms with van der Waals surface area (Å²) in [6.07, 6.45) is 0. The molecule has 1 heteroatoms. The Hall–Kier alpha value is -4.19. The Labute approximate surface area is 241 Å². The molecule has 0 saturated carbocycles. The summed E-state index contributed by atoms with van der Waals surface area (Å²) in [7, 11) is 0. The third kappa shape index (κ3) is 12.2. The van der Waals surface area contributed by atoms with Crippen molar-refractivity contribution in [2.45, 2.75) is 0 Å². The zero-order valence-corrected chi connectivity index (χ0v) is 24.5. The van der Waals surface area contributed by atoms with Gasteiger partial charge in [-0.1, -0.05) is 114 Å². The molecule has 6 rings (SSSR count). The van der Waals surface area contributed by atoms with E-state index in [0.717, 1.165) is 0 Å². The number of rotatable bonds is 3. The molecule has 6 aromatic carbocycles. The molecule has 0 fully saturated rings. The first-order chi connectivity index (χ1) is 18.4. The molecule has 0 amide bonds. The van der Waals surface area contributed by atoms with E-state index in [-0.39, 0.29) is 19.5 Å². The minimum Gasteiger partial charge on any atom is -0.184 e. The first-order valence-corrected chi connectivity index (χ1v) is 12.2. The molecule has 6 aromatic rings. The predicted octanol–water partition coefficient (Wildman–Crippen LogP) is 9.16. The molecule has 0 atom stereocenters. The van der Waals surface area contributed by atoms with Gasteiger partial charge in [-0.3, -0.25) is 0 Å². The maximum atomic E-state index is 2.89. The van der Waals surface area contributed by atoms with Crippen LogP contribution in [-0.4, -0.2) is 0 Å². The van der Waals surface area contributed by atoms with Gasteiger partial charge in [0.1, 0.15) is 0 Å². The largest absolute Gasteiger partial charge is 0.184 e. The van der Waals surface area contributed by atoms with Gasteiger partial charge in [0.2, 0.25) is 0 Å². The van der Waals surface area contributed by atoms with Crippen LogP contribution in [0.15, 0.2) is 182 Å². The van der Waals surface area contributed by atoms with Crippen LogP contribution < -0.4 is 0 Å². The van der Waals surface area contributed by atoms with Crippen LogP contribution in [0.25, 0.3) is 0 Å². The average molecular weight is 540 g/mol. The van der Waals surface area contributed by atoms with Gasteiger partial charge in [0, 0.05) is 19.5 Å². The monoisotopic (exact) mass is 538 g/mol. The number of hydrogen-bond donors (Lipinski definition) is 0. The molecule has 0 saturated heterocycles. The topological polar surface area (TPSA) is 0 Å². The first-order valence-electron chi connectivity index (χ1n) is 12.2.